The number of aliphatic carboxylic acids is 1. The number of carboxylic acids is 1. The summed E-state index contributed by atoms with van der Waals surface area (Å²) >= 11 is 0. The molecule has 2 unspecified atom stereocenters. The first-order chi connectivity index (χ1) is 13.3. The van der Waals surface area contributed by atoms with E-state index in [1.54, 1.807) is 19.1 Å². The molecule has 2 aromatic rings. The van der Waals surface area contributed by atoms with Crippen LogP contribution in [-0.4, -0.2) is 63.7 Å². The maximum absolute atomic E-state index is 13.5. The van der Waals surface area contributed by atoms with Crippen molar-refractivity contribution in [3.63, 3.8) is 0 Å². The van der Waals surface area contributed by atoms with Gasteiger partial charge in [0.05, 0.1) is 12.6 Å². The van der Waals surface area contributed by atoms with Crippen molar-refractivity contribution in [1.82, 2.24) is 19.9 Å². The molecule has 160 valence electrons. The number of likely N-dealkylation sites (N-methyl/N-ethyl adjacent to an activating group) is 1. The number of halogens is 2. The smallest absolute Gasteiger partial charge is 0.317 e. The molecule has 0 radical (unpaired) electrons. The Labute approximate surface area is 176 Å². The van der Waals surface area contributed by atoms with Gasteiger partial charge in [-0.25, -0.2) is 4.39 Å². The van der Waals surface area contributed by atoms with Crippen LogP contribution in [0.5, 0.6) is 0 Å². The quantitative estimate of drug-likeness (QED) is 0.756. The van der Waals surface area contributed by atoms with Gasteiger partial charge < -0.3 is 9.63 Å². The first kappa shape index (κ1) is 23.3. The maximum atomic E-state index is 13.5. The van der Waals surface area contributed by atoms with Crippen molar-refractivity contribution in [2.24, 2.45) is 0 Å². The Kier molecular flexibility index (Phi) is 8.13. The third-order valence-electron chi connectivity index (χ3n) is 5.50. The standard InChI is InChI=1S/C20H27FN4O3.ClH/c1-13-11-15(6-7-17(13)21)19-22-20(28-23-19)14(2)25-9-4-5-16(8-10-25)24(3)12-18(26)27;/h6-7,11,14,16H,4-5,8-10,12H2,1-3H3,(H,26,27);1H. The summed E-state index contributed by atoms with van der Waals surface area (Å²) in [5, 5.41) is 13.1. The van der Waals surface area contributed by atoms with Gasteiger partial charge in [-0.3, -0.25) is 14.6 Å². The molecule has 29 heavy (non-hydrogen) atoms. The van der Waals surface area contributed by atoms with E-state index in [0.29, 0.717) is 17.3 Å². The highest BCUT2D eigenvalue weighted by atomic mass is 35.5. The van der Waals surface area contributed by atoms with Gasteiger partial charge >= 0.3 is 5.97 Å². The molecule has 1 aliphatic heterocycles. The second-order valence-corrected chi connectivity index (χ2v) is 7.53. The number of likely N-dealkylation sites (tertiary alicyclic amines) is 1. The molecule has 0 bridgehead atoms. The Morgan fingerprint density at radius 2 is 2.17 bits per heavy atom. The molecular weight excluding hydrogens is 399 g/mol. The summed E-state index contributed by atoms with van der Waals surface area (Å²) in [5.41, 5.74) is 1.27. The van der Waals surface area contributed by atoms with E-state index in [4.69, 9.17) is 9.63 Å². The molecule has 2 heterocycles. The van der Waals surface area contributed by atoms with Gasteiger partial charge in [0.2, 0.25) is 11.7 Å². The monoisotopic (exact) mass is 426 g/mol. The highest BCUT2D eigenvalue weighted by Gasteiger charge is 2.27. The highest BCUT2D eigenvalue weighted by molar-refractivity contribution is 5.85. The average molecular weight is 427 g/mol. The van der Waals surface area contributed by atoms with E-state index in [9.17, 15) is 9.18 Å². The minimum atomic E-state index is -0.800. The molecule has 1 saturated heterocycles. The average Bonchev–Trinajstić information content (AvgIpc) is 3.00. The summed E-state index contributed by atoms with van der Waals surface area (Å²) in [5.74, 6) is -0.0626. The minimum Gasteiger partial charge on any atom is -0.480 e. The number of hydrogen-bond donors (Lipinski definition) is 1. The van der Waals surface area contributed by atoms with Gasteiger partial charge in [-0.05, 0) is 70.5 Å². The zero-order valence-corrected chi connectivity index (χ0v) is 17.8. The molecule has 0 amide bonds. The van der Waals surface area contributed by atoms with Crippen molar-refractivity contribution in [3.8, 4) is 11.4 Å². The minimum absolute atomic E-state index is 0. The third-order valence-corrected chi connectivity index (χ3v) is 5.50. The van der Waals surface area contributed by atoms with E-state index in [0.717, 1.165) is 37.9 Å². The Balaban J connectivity index is 0.00000300. The zero-order chi connectivity index (χ0) is 20.3. The summed E-state index contributed by atoms with van der Waals surface area (Å²) in [6.07, 6.45) is 2.85. The summed E-state index contributed by atoms with van der Waals surface area (Å²) in [6, 6.07) is 4.99. The summed E-state index contributed by atoms with van der Waals surface area (Å²) in [7, 11) is 1.87. The van der Waals surface area contributed by atoms with Gasteiger partial charge in [-0.1, -0.05) is 5.16 Å². The number of carbonyl (C=O) groups is 1. The predicted molar refractivity (Wildman–Crippen MR) is 110 cm³/mol. The Hall–Kier alpha value is -2.03. The summed E-state index contributed by atoms with van der Waals surface area (Å²) < 4.78 is 19.0. The molecule has 1 aliphatic rings. The SMILES string of the molecule is Cc1cc(-c2noc(C(C)N3CCCC(N(C)CC(=O)O)CC3)n2)ccc1F.Cl. The first-order valence-electron chi connectivity index (χ1n) is 9.61. The number of aromatic nitrogens is 2. The van der Waals surface area contributed by atoms with E-state index in [2.05, 4.69) is 15.0 Å². The van der Waals surface area contributed by atoms with Crippen molar-refractivity contribution in [3.05, 3.63) is 35.5 Å². The van der Waals surface area contributed by atoms with Crippen LogP contribution in [0, 0.1) is 12.7 Å². The van der Waals surface area contributed by atoms with Gasteiger partial charge in [0.25, 0.3) is 0 Å². The lowest BCUT2D eigenvalue weighted by Crippen LogP contribution is -2.36. The van der Waals surface area contributed by atoms with Crippen molar-refractivity contribution >= 4 is 18.4 Å². The highest BCUT2D eigenvalue weighted by Crippen LogP contribution is 2.26. The Morgan fingerprint density at radius 3 is 2.86 bits per heavy atom. The van der Waals surface area contributed by atoms with Gasteiger partial charge in [-0.15, -0.1) is 12.4 Å². The molecule has 3 rings (SSSR count). The van der Waals surface area contributed by atoms with E-state index in [-0.39, 0.29) is 36.9 Å². The molecule has 0 aliphatic carbocycles. The van der Waals surface area contributed by atoms with Crippen LogP contribution in [0.1, 0.15) is 43.7 Å². The molecule has 2 atom stereocenters. The second-order valence-electron chi connectivity index (χ2n) is 7.53. The third kappa shape index (κ3) is 5.74. The van der Waals surface area contributed by atoms with Crippen molar-refractivity contribution < 1.29 is 18.8 Å². The molecule has 1 N–H and O–H groups in total. The fourth-order valence-electron chi connectivity index (χ4n) is 3.73. The number of rotatable bonds is 6. The van der Waals surface area contributed by atoms with Gasteiger partial charge in [-0.2, -0.15) is 4.98 Å². The van der Waals surface area contributed by atoms with E-state index < -0.39 is 5.97 Å². The number of hydrogen-bond acceptors (Lipinski definition) is 6. The van der Waals surface area contributed by atoms with Crippen LogP contribution >= 0.6 is 12.4 Å². The second kappa shape index (κ2) is 10.1. The molecule has 1 aromatic heterocycles. The van der Waals surface area contributed by atoms with Crippen LogP contribution in [0.4, 0.5) is 4.39 Å². The number of benzene rings is 1. The van der Waals surface area contributed by atoms with Crippen LogP contribution in [0.3, 0.4) is 0 Å². The first-order valence-corrected chi connectivity index (χ1v) is 9.61. The van der Waals surface area contributed by atoms with Crippen LogP contribution in [-0.2, 0) is 4.79 Å². The predicted octanol–water partition coefficient (Wildman–Crippen LogP) is 3.54. The normalized spacial score (nSPS) is 18.9. The van der Waals surface area contributed by atoms with E-state index >= 15 is 0 Å². The largest absolute Gasteiger partial charge is 0.480 e. The van der Waals surface area contributed by atoms with Crippen LogP contribution in [0.15, 0.2) is 22.7 Å². The summed E-state index contributed by atoms with van der Waals surface area (Å²) in [4.78, 5) is 19.7. The summed E-state index contributed by atoms with van der Waals surface area (Å²) in [6.45, 7) is 5.53. The number of nitrogens with zero attached hydrogens (tertiary/aromatic N) is 4. The van der Waals surface area contributed by atoms with Crippen LogP contribution in [0.2, 0.25) is 0 Å². The van der Waals surface area contributed by atoms with E-state index in [1.165, 1.54) is 6.07 Å². The van der Waals surface area contributed by atoms with Gasteiger partial charge in [0.1, 0.15) is 5.82 Å². The zero-order valence-electron chi connectivity index (χ0n) is 17.0. The van der Waals surface area contributed by atoms with Crippen LogP contribution in [0.25, 0.3) is 11.4 Å². The van der Waals surface area contributed by atoms with E-state index in [1.807, 2.05) is 18.9 Å². The lowest BCUT2D eigenvalue weighted by atomic mass is 10.1. The Morgan fingerprint density at radius 1 is 1.41 bits per heavy atom. The Bertz CT molecular complexity index is 832. The number of aryl methyl sites for hydroxylation is 1. The molecule has 1 fully saturated rings. The fraction of sp³-hybridized carbons (Fsp3) is 0.550. The maximum Gasteiger partial charge on any atom is 0.317 e. The molecule has 1 aromatic carbocycles. The molecule has 7 nitrogen and oxygen atoms in total. The lowest BCUT2D eigenvalue weighted by molar-refractivity contribution is -0.138. The van der Waals surface area contributed by atoms with Gasteiger partial charge in [0.15, 0.2) is 0 Å². The van der Waals surface area contributed by atoms with Gasteiger partial charge in [0, 0.05) is 18.2 Å². The van der Waals surface area contributed by atoms with Crippen molar-refractivity contribution in [2.45, 2.75) is 45.2 Å². The molecule has 0 spiro atoms. The molecular formula is C20H28ClFN4O3. The lowest BCUT2D eigenvalue weighted by Gasteiger charge is -2.27. The number of carboxylic acid groups (broad SMARTS) is 1. The fourth-order valence-corrected chi connectivity index (χ4v) is 3.73. The molecule has 0 saturated carbocycles. The van der Waals surface area contributed by atoms with Crippen molar-refractivity contribution in [2.75, 3.05) is 26.7 Å². The van der Waals surface area contributed by atoms with Crippen molar-refractivity contribution in [1.29, 1.82) is 0 Å². The molecule has 9 heteroatoms. The van der Waals surface area contributed by atoms with Crippen LogP contribution < -0.4 is 0 Å². The topological polar surface area (TPSA) is 82.7 Å².